The Kier molecular flexibility index (Phi) is 9.93. The standard InChI is InChI=1S/C26H34N2O7/c1-17(2)23(27-25(31)34-26(3,4)5)24(30)35-28-22(29)15-19-12-13-20(21(14-19)32-6)33-16-18-10-8-7-9-11-18/h7-14,17,23H,15-16H2,1-6H3,(H,27,31)(H,28,29). The Labute approximate surface area is 206 Å². The topological polar surface area (TPSA) is 112 Å². The number of rotatable bonds is 9. The number of methoxy groups -OCH3 is 1. The SMILES string of the molecule is COc1cc(CC(=O)NOC(=O)C(NC(=O)OC(C)(C)C)C(C)C)ccc1OCc1ccccc1. The summed E-state index contributed by atoms with van der Waals surface area (Å²) in [5, 5.41) is 2.47. The summed E-state index contributed by atoms with van der Waals surface area (Å²) in [6, 6.07) is 13.8. The maximum absolute atomic E-state index is 12.4. The first-order chi connectivity index (χ1) is 16.5. The van der Waals surface area contributed by atoms with Gasteiger partial charge in [0.05, 0.1) is 13.5 Å². The molecule has 2 amide bonds. The van der Waals surface area contributed by atoms with Crippen LogP contribution in [0.5, 0.6) is 11.5 Å². The number of hydrogen-bond donors (Lipinski definition) is 2. The van der Waals surface area contributed by atoms with Crippen molar-refractivity contribution in [3.05, 3.63) is 59.7 Å². The van der Waals surface area contributed by atoms with Gasteiger partial charge in [0, 0.05) is 0 Å². The Bertz CT molecular complexity index is 1000. The number of hydroxylamine groups is 1. The van der Waals surface area contributed by atoms with Crippen LogP contribution in [0.2, 0.25) is 0 Å². The summed E-state index contributed by atoms with van der Waals surface area (Å²) in [6.07, 6.45) is -0.810. The van der Waals surface area contributed by atoms with Crippen molar-refractivity contribution in [1.82, 2.24) is 10.8 Å². The average molecular weight is 487 g/mol. The molecule has 0 bridgehead atoms. The van der Waals surface area contributed by atoms with Crippen LogP contribution in [0.15, 0.2) is 48.5 Å². The van der Waals surface area contributed by atoms with Crippen LogP contribution in [-0.2, 0) is 32.2 Å². The number of alkyl carbamates (subject to hydrolysis) is 1. The van der Waals surface area contributed by atoms with Crippen molar-refractivity contribution < 1.29 is 33.4 Å². The molecule has 1 unspecified atom stereocenters. The van der Waals surface area contributed by atoms with Crippen molar-refractivity contribution in [2.45, 2.75) is 59.3 Å². The molecule has 1 atom stereocenters. The minimum atomic E-state index is -0.994. The molecule has 0 saturated heterocycles. The van der Waals surface area contributed by atoms with Crippen LogP contribution in [0.4, 0.5) is 4.79 Å². The largest absolute Gasteiger partial charge is 0.493 e. The molecule has 0 fully saturated rings. The molecule has 0 spiro atoms. The normalized spacial score (nSPS) is 11.9. The van der Waals surface area contributed by atoms with Gasteiger partial charge in [0.25, 0.3) is 5.91 Å². The quantitative estimate of drug-likeness (QED) is 0.516. The Balaban J connectivity index is 1.91. The summed E-state index contributed by atoms with van der Waals surface area (Å²) < 4.78 is 16.4. The van der Waals surface area contributed by atoms with E-state index in [1.165, 1.54) is 7.11 Å². The zero-order valence-electron chi connectivity index (χ0n) is 21.0. The van der Waals surface area contributed by atoms with Gasteiger partial charge in [-0.05, 0) is 49.9 Å². The molecule has 0 aliphatic rings. The maximum atomic E-state index is 12.4. The fourth-order valence-corrected chi connectivity index (χ4v) is 3.00. The second-order valence-corrected chi connectivity index (χ2v) is 9.25. The lowest BCUT2D eigenvalue weighted by Crippen LogP contribution is -2.48. The maximum Gasteiger partial charge on any atom is 0.408 e. The van der Waals surface area contributed by atoms with E-state index in [0.29, 0.717) is 23.7 Å². The summed E-state index contributed by atoms with van der Waals surface area (Å²) in [7, 11) is 1.51. The van der Waals surface area contributed by atoms with E-state index in [0.717, 1.165) is 5.56 Å². The van der Waals surface area contributed by atoms with Gasteiger partial charge in [-0.2, -0.15) is 5.48 Å². The minimum Gasteiger partial charge on any atom is -0.493 e. The zero-order valence-corrected chi connectivity index (χ0v) is 21.0. The van der Waals surface area contributed by atoms with E-state index in [9.17, 15) is 14.4 Å². The van der Waals surface area contributed by atoms with Crippen molar-refractivity contribution >= 4 is 18.0 Å². The summed E-state index contributed by atoms with van der Waals surface area (Å²) >= 11 is 0. The fraction of sp³-hybridized carbons (Fsp3) is 0.423. The lowest BCUT2D eigenvalue weighted by molar-refractivity contribution is -0.161. The third kappa shape index (κ3) is 9.56. The molecule has 2 aromatic rings. The van der Waals surface area contributed by atoms with Gasteiger partial charge in [-0.1, -0.05) is 50.2 Å². The van der Waals surface area contributed by atoms with Gasteiger partial charge >= 0.3 is 12.1 Å². The van der Waals surface area contributed by atoms with Crippen LogP contribution in [0.25, 0.3) is 0 Å². The first-order valence-corrected chi connectivity index (χ1v) is 11.3. The molecule has 0 saturated carbocycles. The third-order valence-corrected chi connectivity index (χ3v) is 4.69. The molecule has 2 rings (SSSR count). The van der Waals surface area contributed by atoms with Crippen LogP contribution < -0.4 is 20.3 Å². The second kappa shape index (κ2) is 12.6. The first-order valence-electron chi connectivity index (χ1n) is 11.3. The summed E-state index contributed by atoms with van der Waals surface area (Å²) in [5.41, 5.74) is 3.07. The summed E-state index contributed by atoms with van der Waals surface area (Å²) in [6.45, 7) is 8.99. The number of carbonyl (C=O) groups excluding carboxylic acids is 3. The van der Waals surface area contributed by atoms with Crippen LogP contribution in [0.1, 0.15) is 45.7 Å². The molecule has 9 nitrogen and oxygen atoms in total. The number of benzene rings is 2. The van der Waals surface area contributed by atoms with Crippen molar-refractivity contribution in [2.24, 2.45) is 5.92 Å². The molecule has 2 N–H and O–H groups in total. The lowest BCUT2D eigenvalue weighted by Gasteiger charge is -2.24. The minimum absolute atomic E-state index is 0.0611. The van der Waals surface area contributed by atoms with E-state index in [-0.39, 0.29) is 12.3 Å². The Morgan fingerprint density at radius 1 is 0.943 bits per heavy atom. The van der Waals surface area contributed by atoms with E-state index in [1.807, 2.05) is 30.3 Å². The molecule has 0 aliphatic heterocycles. The van der Waals surface area contributed by atoms with Gasteiger partial charge in [0.15, 0.2) is 11.5 Å². The van der Waals surface area contributed by atoms with Crippen LogP contribution in [0.3, 0.4) is 0 Å². The summed E-state index contributed by atoms with van der Waals surface area (Å²) in [5.74, 6) is -0.621. The zero-order chi connectivity index (χ0) is 26.0. The first kappa shape index (κ1) is 27.5. The number of amides is 2. The van der Waals surface area contributed by atoms with Gasteiger partial charge in [-0.25, -0.2) is 9.59 Å². The van der Waals surface area contributed by atoms with E-state index in [1.54, 1.807) is 52.8 Å². The van der Waals surface area contributed by atoms with E-state index in [2.05, 4.69) is 10.8 Å². The van der Waals surface area contributed by atoms with Crippen LogP contribution in [0, 0.1) is 5.92 Å². The summed E-state index contributed by atoms with van der Waals surface area (Å²) in [4.78, 5) is 41.7. The smallest absolute Gasteiger partial charge is 0.408 e. The third-order valence-electron chi connectivity index (χ3n) is 4.69. The van der Waals surface area contributed by atoms with Gasteiger partial charge in [-0.15, -0.1) is 0 Å². The molecular weight excluding hydrogens is 452 g/mol. The van der Waals surface area contributed by atoms with Gasteiger partial charge in [0.2, 0.25) is 0 Å². The van der Waals surface area contributed by atoms with E-state index in [4.69, 9.17) is 19.0 Å². The Hall–Kier alpha value is -3.75. The van der Waals surface area contributed by atoms with Crippen molar-refractivity contribution in [3.8, 4) is 11.5 Å². The number of ether oxygens (including phenoxy) is 3. The van der Waals surface area contributed by atoms with Crippen molar-refractivity contribution in [3.63, 3.8) is 0 Å². The molecule has 0 heterocycles. The van der Waals surface area contributed by atoms with Crippen molar-refractivity contribution in [2.75, 3.05) is 7.11 Å². The number of nitrogens with one attached hydrogen (secondary N) is 2. The highest BCUT2D eigenvalue weighted by Gasteiger charge is 2.29. The molecule has 0 aromatic heterocycles. The molecular formula is C26H34N2O7. The Morgan fingerprint density at radius 2 is 1.63 bits per heavy atom. The molecule has 0 radical (unpaired) electrons. The predicted octanol–water partition coefficient (Wildman–Crippen LogP) is 3.94. The molecule has 9 heteroatoms. The van der Waals surface area contributed by atoms with Gasteiger partial charge < -0.3 is 24.4 Å². The van der Waals surface area contributed by atoms with E-state index < -0.39 is 29.6 Å². The molecule has 2 aromatic carbocycles. The second-order valence-electron chi connectivity index (χ2n) is 9.25. The van der Waals surface area contributed by atoms with Gasteiger partial charge in [-0.3, -0.25) is 4.79 Å². The Morgan fingerprint density at radius 3 is 2.23 bits per heavy atom. The van der Waals surface area contributed by atoms with Crippen LogP contribution in [-0.4, -0.2) is 36.7 Å². The monoisotopic (exact) mass is 486 g/mol. The van der Waals surface area contributed by atoms with Gasteiger partial charge in [0.1, 0.15) is 18.2 Å². The van der Waals surface area contributed by atoms with Crippen molar-refractivity contribution in [1.29, 1.82) is 0 Å². The highest BCUT2D eigenvalue weighted by Crippen LogP contribution is 2.29. The molecule has 190 valence electrons. The number of hydrogen-bond acceptors (Lipinski definition) is 7. The fourth-order valence-electron chi connectivity index (χ4n) is 3.00. The molecule has 35 heavy (non-hydrogen) atoms. The lowest BCUT2D eigenvalue weighted by atomic mass is 10.1. The van der Waals surface area contributed by atoms with Crippen LogP contribution >= 0.6 is 0 Å². The predicted molar refractivity (Wildman–Crippen MR) is 130 cm³/mol. The average Bonchev–Trinajstić information content (AvgIpc) is 2.79. The molecule has 0 aliphatic carbocycles. The number of carbonyl (C=O) groups is 3. The van der Waals surface area contributed by atoms with E-state index >= 15 is 0 Å². The highest BCUT2D eigenvalue weighted by atomic mass is 16.7. The highest BCUT2D eigenvalue weighted by molar-refractivity contribution is 5.84.